The molecule has 0 amide bonds. The zero-order chi connectivity index (χ0) is 40.0. The van der Waals surface area contributed by atoms with Gasteiger partial charge in [0.05, 0.1) is 35.0 Å². The van der Waals surface area contributed by atoms with Gasteiger partial charge in [0.2, 0.25) is 11.8 Å². The summed E-state index contributed by atoms with van der Waals surface area (Å²) in [6.07, 6.45) is 0.489. The van der Waals surface area contributed by atoms with E-state index >= 15 is 0 Å². The highest BCUT2D eigenvalue weighted by molar-refractivity contribution is 7.87. The SMILES string of the molecule is C.CC(C)(C)c1ccc(CCOc2nc(F)nc3ccccc23)cc1.CC(C)(C)c1ccc(CCOc2nc(OS(=O)(=O)C(F)(F)F)nc3ccccc23)cc1. The molecule has 4 aromatic carbocycles. The number of rotatable bonds is 10. The number of aromatic nitrogens is 4. The van der Waals surface area contributed by atoms with Crippen molar-refractivity contribution in [2.45, 2.75) is 78.1 Å². The number of hydrogen-bond donors (Lipinski definition) is 0. The first kappa shape index (κ1) is 43.4. The standard InChI is InChI=1S/C21H21F3N2O4S.C20H21FN2O.CH4/c1-20(2,3)15-10-8-14(9-11-15)12-13-29-18-16-6-4-5-7-17(16)25-19(26-18)30-31(27,28)21(22,23)24;1-20(2,3)15-10-8-14(9-11-15)12-13-24-18-16-6-4-5-7-17(16)22-19(21)23-18;/h4-11H,12-13H2,1-3H3;4-11H,12-13H2,1-3H3;1H4. The van der Waals surface area contributed by atoms with E-state index in [1.54, 1.807) is 24.3 Å². The van der Waals surface area contributed by atoms with Crippen LogP contribution >= 0.6 is 0 Å². The van der Waals surface area contributed by atoms with Gasteiger partial charge >= 0.3 is 27.7 Å². The molecule has 0 atom stereocenters. The lowest BCUT2D eigenvalue weighted by atomic mass is 9.86. The average molecular weight is 795 g/mol. The molecule has 0 radical (unpaired) electrons. The van der Waals surface area contributed by atoms with Crippen molar-refractivity contribution in [1.82, 2.24) is 19.9 Å². The first-order valence-electron chi connectivity index (χ1n) is 17.4. The molecule has 9 nitrogen and oxygen atoms in total. The van der Waals surface area contributed by atoms with Crippen molar-refractivity contribution >= 4 is 31.9 Å². The summed E-state index contributed by atoms with van der Waals surface area (Å²) in [6.45, 7) is 13.5. The maximum atomic E-state index is 13.5. The van der Waals surface area contributed by atoms with Crippen LogP contribution in [0.2, 0.25) is 0 Å². The summed E-state index contributed by atoms with van der Waals surface area (Å²) < 4.78 is 89.4. The van der Waals surface area contributed by atoms with E-state index in [0.717, 1.165) is 17.4 Å². The predicted molar refractivity (Wildman–Crippen MR) is 210 cm³/mol. The summed E-state index contributed by atoms with van der Waals surface area (Å²) in [5, 5.41) is 1.14. The van der Waals surface area contributed by atoms with Gasteiger partial charge in [-0.15, -0.1) is 0 Å². The normalized spacial score (nSPS) is 12.0. The summed E-state index contributed by atoms with van der Waals surface area (Å²) in [4.78, 5) is 15.0. The van der Waals surface area contributed by atoms with Crippen LogP contribution in [-0.4, -0.2) is 47.1 Å². The van der Waals surface area contributed by atoms with E-state index in [9.17, 15) is 26.0 Å². The van der Waals surface area contributed by atoms with Crippen molar-refractivity contribution in [3.63, 3.8) is 0 Å². The fourth-order valence-electron chi connectivity index (χ4n) is 5.32. The van der Waals surface area contributed by atoms with Crippen LogP contribution in [0.3, 0.4) is 0 Å². The fraction of sp³-hybridized carbons (Fsp3) is 0.333. The van der Waals surface area contributed by atoms with Gasteiger partial charge < -0.3 is 13.7 Å². The lowest BCUT2D eigenvalue weighted by Crippen LogP contribution is -2.28. The van der Waals surface area contributed by atoms with Gasteiger partial charge in [-0.2, -0.15) is 40.9 Å². The molecule has 0 aliphatic carbocycles. The highest BCUT2D eigenvalue weighted by Gasteiger charge is 2.49. The maximum absolute atomic E-state index is 13.5. The third kappa shape index (κ3) is 11.3. The second kappa shape index (κ2) is 17.6. The summed E-state index contributed by atoms with van der Waals surface area (Å²) in [7, 11) is -5.90. The van der Waals surface area contributed by atoms with Crippen LogP contribution in [0.15, 0.2) is 97.1 Å². The second-order valence-electron chi connectivity index (χ2n) is 14.7. The number of para-hydroxylation sites is 2. The van der Waals surface area contributed by atoms with Crippen LogP contribution in [0.4, 0.5) is 17.6 Å². The Kier molecular flexibility index (Phi) is 13.6. The van der Waals surface area contributed by atoms with E-state index < -0.39 is 27.7 Å². The Balaban J connectivity index is 0.000000252. The third-order valence-electron chi connectivity index (χ3n) is 8.46. The van der Waals surface area contributed by atoms with Gasteiger partial charge in [0.25, 0.3) is 0 Å². The largest absolute Gasteiger partial charge is 0.534 e. The summed E-state index contributed by atoms with van der Waals surface area (Å²) in [5.41, 5.74) is -0.00703. The Morgan fingerprint density at radius 3 is 1.41 bits per heavy atom. The molecule has 0 aliphatic rings. The Labute approximate surface area is 325 Å². The minimum absolute atomic E-state index is 0. The van der Waals surface area contributed by atoms with Gasteiger partial charge in [0, 0.05) is 12.8 Å². The average Bonchev–Trinajstić information content (AvgIpc) is 3.11. The summed E-state index contributed by atoms with van der Waals surface area (Å²) >= 11 is 0. The van der Waals surface area contributed by atoms with Crippen LogP contribution in [0, 0.1) is 6.08 Å². The van der Waals surface area contributed by atoms with Crippen molar-refractivity contribution in [3.8, 4) is 17.8 Å². The molecular weight excluding hydrogens is 749 g/mol. The molecule has 6 aromatic rings. The van der Waals surface area contributed by atoms with Crippen molar-refractivity contribution < 1.29 is 39.6 Å². The van der Waals surface area contributed by atoms with Crippen LogP contribution in [0.5, 0.6) is 17.8 Å². The molecule has 0 spiro atoms. The Morgan fingerprint density at radius 1 is 0.571 bits per heavy atom. The number of fused-ring (bicyclic) bond motifs is 2. The van der Waals surface area contributed by atoms with Gasteiger partial charge in [-0.1, -0.05) is 122 Å². The monoisotopic (exact) mass is 794 g/mol. The molecule has 2 heterocycles. The van der Waals surface area contributed by atoms with Crippen LogP contribution in [0.1, 0.15) is 71.2 Å². The minimum Gasteiger partial charge on any atom is -0.477 e. The van der Waals surface area contributed by atoms with Gasteiger partial charge in [-0.25, -0.2) is 4.98 Å². The quantitative estimate of drug-likeness (QED) is 0.0579. The van der Waals surface area contributed by atoms with E-state index in [-0.39, 0.29) is 36.3 Å². The van der Waals surface area contributed by atoms with Crippen molar-refractivity contribution in [2.75, 3.05) is 13.2 Å². The Bertz CT molecular complexity index is 2340. The van der Waals surface area contributed by atoms with Crippen LogP contribution in [0.25, 0.3) is 21.8 Å². The van der Waals surface area contributed by atoms with E-state index in [4.69, 9.17) is 9.47 Å². The first-order valence-corrected chi connectivity index (χ1v) is 18.9. The lowest BCUT2D eigenvalue weighted by molar-refractivity contribution is -0.0503. The van der Waals surface area contributed by atoms with Crippen molar-refractivity contribution in [2.24, 2.45) is 0 Å². The molecule has 6 rings (SSSR count). The topological polar surface area (TPSA) is 113 Å². The molecule has 0 unspecified atom stereocenters. The molecule has 0 bridgehead atoms. The molecule has 2 aromatic heterocycles. The number of alkyl halides is 3. The third-order valence-corrected chi connectivity index (χ3v) is 9.39. The molecule has 298 valence electrons. The molecule has 0 aliphatic heterocycles. The van der Waals surface area contributed by atoms with Gasteiger partial charge in [-0.3, -0.25) is 0 Å². The van der Waals surface area contributed by atoms with Crippen molar-refractivity contribution in [1.29, 1.82) is 0 Å². The summed E-state index contributed by atoms with van der Waals surface area (Å²) in [5.74, 6) is 0.230. The Hall–Kier alpha value is -5.37. The van der Waals surface area contributed by atoms with E-state index in [2.05, 4.69) is 89.9 Å². The number of nitrogens with zero attached hydrogens (tertiary/aromatic N) is 4. The molecular formula is C42H46F4N4O5S. The molecule has 0 saturated heterocycles. The van der Waals surface area contributed by atoms with E-state index in [1.807, 2.05) is 42.5 Å². The van der Waals surface area contributed by atoms with Gasteiger partial charge in [-0.05, 0) is 57.3 Å². The molecule has 56 heavy (non-hydrogen) atoms. The zero-order valence-corrected chi connectivity index (χ0v) is 32.1. The molecule has 0 fully saturated rings. The highest BCUT2D eigenvalue weighted by atomic mass is 32.2. The molecule has 0 N–H and O–H groups in total. The fourth-order valence-corrected chi connectivity index (χ4v) is 5.69. The minimum atomic E-state index is -5.90. The maximum Gasteiger partial charge on any atom is 0.534 e. The number of ether oxygens (including phenoxy) is 2. The molecule has 14 heteroatoms. The zero-order valence-electron chi connectivity index (χ0n) is 31.3. The van der Waals surface area contributed by atoms with Gasteiger partial charge in [0.1, 0.15) is 0 Å². The first-order chi connectivity index (χ1) is 25.8. The van der Waals surface area contributed by atoms with Crippen molar-refractivity contribution in [3.05, 3.63) is 125 Å². The van der Waals surface area contributed by atoms with Crippen LogP contribution < -0.4 is 13.7 Å². The predicted octanol–water partition coefficient (Wildman–Crippen LogP) is 10.1. The highest BCUT2D eigenvalue weighted by Crippen LogP contribution is 2.30. The van der Waals surface area contributed by atoms with Gasteiger partial charge in [0.15, 0.2) is 0 Å². The summed E-state index contributed by atoms with van der Waals surface area (Å²) in [6, 6.07) is 29.2. The van der Waals surface area contributed by atoms with E-state index in [0.29, 0.717) is 29.8 Å². The second-order valence-corrected chi connectivity index (χ2v) is 16.3. The number of hydrogen-bond acceptors (Lipinski definition) is 9. The van der Waals surface area contributed by atoms with Crippen LogP contribution in [-0.2, 0) is 33.8 Å². The van der Waals surface area contributed by atoms with E-state index in [1.165, 1.54) is 22.8 Å². The number of benzene rings is 4. The number of halogens is 4. The Morgan fingerprint density at radius 2 is 0.982 bits per heavy atom. The smallest absolute Gasteiger partial charge is 0.477 e. The lowest BCUT2D eigenvalue weighted by Gasteiger charge is -2.19. The molecule has 0 saturated carbocycles.